The highest BCUT2D eigenvalue weighted by Gasteiger charge is 2.71. The monoisotopic (exact) mass is 732 g/mol. The Hall–Kier alpha value is -2.27. The van der Waals surface area contributed by atoms with E-state index >= 15 is 0 Å². The van der Waals surface area contributed by atoms with Crippen LogP contribution < -0.4 is 0 Å². The molecule has 10 heteroatoms. The van der Waals surface area contributed by atoms with E-state index in [4.69, 9.17) is 14.2 Å². The Kier molecular flexibility index (Phi) is 12.9. The van der Waals surface area contributed by atoms with Gasteiger partial charge in [-0.3, -0.25) is 4.79 Å². The van der Waals surface area contributed by atoms with E-state index in [-0.39, 0.29) is 49.0 Å². The SMILES string of the molecule is CC[C@@H](C)[C@@H](O)C(=O)O[C@@H]1C[C@]2(C)C(=CC[C@H]2[C@H]2CO[C@H](C=C(C)C)C2)[C@@]2(C)[C@H]1[C@@](C)(CCC(=O)O)[C@@H](C(C)(C)O)C[C@H]2OC(=O)[C@H](O)[C@H](C)CC. The molecule has 10 nitrogen and oxygen atoms in total. The zero-order valence-electron chi connectivity index (χ0n) is 33.6. The maximum atomic E-state index is 13.9. The number of carbonyl (C=O) groups is 3. The van der Waals surface area contributed by atoms with Crippen LogP contribution in [-0.2, 0) is 28.6 Å². The highest BCUT2D eigenvalue weighted by atomic mass is 16.6. The third-order valence-electron chi connectivity index (χ3n) is 14.1. The fourth-order valence-electron chi connectivity index (χ4n) is 11.1. The Morgan fingerprint density at radius 2 is 1.58 bits per heavy atom. The van der Waals surface area contributed by atoms with E-state index in [1.54, 1.807) is 27.7 Å². The standard InChI is InChI=1S/C42H68O10/c1-12-24(5)34(45)37(47)51-29-21-41(10)28(26-19-27(50-22-26)18-23(3)4)14-15-30(41)42(11)32(52-38(48)35(46)25(6)13-2)20-31(39(7,8)49)40(9,36(29)42)17-16-33(43)44/h15,18,24-29,31-32,34-36,45-46,49H,12-14,16-17,19-22H2,1-11H3,(H,43,44)/t24-,25-,26-,27-,28+,29-,31-,32-,34-,35-,36-,40+,41+,42-/m1/s1. The molecule has 14 atom stereocenters. The zero-order chi connectivity index (χ0) is 39.1. The molecule has 1 aliphatic heterocycles. The van der Waals surface area contributed by atoms with Crippen LogP contribution >= 0.6 is 0 Å². The number of esters is 2. The van der Waals surface area contributed by atoms with E-state index in [1.807, 2.05) is 20.8 Å². The topological polar surface area (TPSA) is 160 Å². The van der Waals surface area contributed by atoms with Gasteiger partial charge in [-0.2, -0.15) is 0 Å². The quantitative estimate of drug-likeness (QED) is 0.113. The molecule has 0 amide bonds. The third kappa shape index (κ3) is 7.92. The normalized spacial score (nSPS) is 38.2. The molecule has 1 heterocycles. The van der Waals surface area contributed by atoms with Crippen LogP contribution in [0, 0.1) is 51.8 Å². The van der Waals surface area contributed by atoms with Crippen molar-refractivity contribution in [1.82, 2.24) is 0 Å². The van der Waals surface area contributed by atoms with Gasteiger partial charge in [0.05, 0.1) is 18.3 Å². The first-order valence-corrected chi connectivity index (χ1v) is 19.7. The van der Waals surface area contributed by atoms with Crippen molar-refractivity contribution in [2.24, 2.45) is 51.8 Å². The van der Waals surface area contributed by atoms with E-state index in [0.29, 0.717) is 25.9 Å². The molecule has 0 bridgehead atoms. The Morgan fingerprint density at radius 1 is 1.00 bits per heavy atom. The van der Waals surface area contributed by atoms with Crippen molar-refractivity contribution >= 4 is 17.9 Å². The number of allylic oxidation sites excluding steroid dienone is 2. The van der Waals surface area contributed by atoms with Crippen LogP contribution in [0.3, 0.4) is 0 Å². The van der Waals surface area contributed by atoms with Crippen molar-refractivity contribution in [3.05, 3.63) is 23.3 Å². The number of aliphatic hydroxyl groups excluding tert-OH is 2. The number of fused-ring (bicyclic) bond motifs is 3. The number of aliphatic hydroxyl groups is 3. The predicted molar refractivity (Wildman–Crippen MR) is 198 cm³/mol. The summed E-state index contributed by atoms with van der Waals surface area (Å²) in [5.41, 5.74) is -1.49. The van der Waals surface area contributed by atoms with Gasteiger partial charge in [0.25, 0.3) is 0 Å². The van der Waals surface area contributed by atoms with Crippen LogP contribution in [0.5, 0.6) is 0 Å². The third-order valence-corrected chi connectivity index (χ3v) is 14.1. The van der Waals surface area contributed by atoms with E-state index < -0.39 is 76.0 Å². The van der Waals surface area contributed by atoms with E-state index in [9.17, 15) is 34.8 Å². The Labute approximate surface area is 311 Å². The number of carbonyl (C=O) groups excluding carboxylic acids is 2. The van der Waals surface area contributed by atoms with Crippen molar-refractivity contribution in [3.8, 4) is 0 Å². The molecule has 4 rings (SSSR count). The van der Waals surface area contributed by atoms with Crippen LogP contribution in [0.15, 0.2) is 23.3 Å². The second-order valence-electron chi connectivity index (χ2n) is 18.4. The maximum Gasteiger partial charge on any atom is 0.335 e. The number of rotatable bonds is 14. The summed E-state index contributed by atoms with van der Waals surface area (Å²) >= 11 is 0. The molecule has 4 N–H and O–H groups in total. The summed E-state index contributed by atoms with van der Waals surface area (Å²) in [4.78, 5) is 39.9. The maximum absolute atomic E-state index is 13.9. The molecule has 0 spiro atoms. The molecule has 4 aliphatic rings. The van der Waals surface area contributed by atoms with Gasteiger partial charge in [-0.25, -0.2) is 9.59 Å². The Balaban J connectivity index is 1.94. The molecular formula is C42H68O10. The zero-order valence-corrected chi connectivity index (χ0v) is 33.6. The van der Waals surface area contributed by atoms with Crippen molar-refractivity contribution in [1.29, 1.82) is 0 Å². The predicted octanol–water partition coefficient (Wildman–Crippen LogP) is 6.64. The molecule has 1 saturated heterocycles. The lowest BCUT2D eigenvalue weighted by atomic mass is 9.39. The van der Waals surface area contributed by atoms with E-state index in [2.05, 4.69) is 39.8 Å². The van der Waals surface area contributed by atoms with Gasteiger partial charge < -0.3 is 34.6 Å². The Bertz CT molecular complexity index is 1380. The molecule has 0 radical (unpaired) electrons. The minimum Gasteiger partial charge on any atom is -0.481 e. The summed E-state index contributed by atoms with van der Waals surface area (Å²) in [6.45, 7) is 21.8. The molecule has 2 saturated carbocycles. The van der Waals surface area contributed by atoms with Crippen LogP contribution in [0.2, 0.25) is 0 Å². The van der Waals surface area contributed by atoms with Crippen LogP contribution in [-0.4, -0.2) is 81.1 Å². The number of carboxylic acids is 1. The molecule has 3 fully saturated rings. The number of hydrogen-bond acceptors (Lipinski definition) is 9. The van der Waals surface area contributed by atoms with Gasteiger partial charge in [0.1, 0.15) is 12.2 Å². The number of aliphatic carboxylic acids is 1. The summed E-state index contributed by atoms with van der Waals surface area (Å²) in [5.74, 6) is -3.98. The molecule has 0 aromatic rings. The van der Waals surface area contributed by atoms with Crippen molar-refractivity contribution < 1.29 is 49.0 Å². The molecule has 0 aromatic carbocycles. The number of ether oxygens (including phenoxy) is 3. The second kappa shape index (κ2) is 15.8. The molecule has 296 valence electrons. The molecule has 0 unspecified atom stereocenters. The van der Waals surface area contributed by atoms with E-state index in [1.165, 1.54) is 5.57 Å². The molecule has 0 aromatic heterocycles. The van der Waals surface area contributed by atoms with Crippen LogP contribution in [0.25, 0.3) is 0 Å². The average molecular weight is 733 g/mol. The number of carboxylic acid groups (broad SMARTS) is 1. The van der Waals surface area contributed by atoms with Gasteiger partial charge >= 0.3 is 17.9 Å². The van der Waals surface area contributed by atoms with E-state index in [0.717, 1.165) is 18.4 Å². The molecular weight excluding hydrogens is 664 g/mol. The smallest absolute Gasteiger partial charge is 0.335 e. The van der Waals surface area contributed by atoms with Crippen molar-refractivity contribution in [2.45, 2.75) is 164 Å². The van der Waals surface area contributed by atoms with Gasteiger partial charge in [0.15, 0.2) is 12.2 Å². The van der Waals surface area contributed by atoms with Crippen LogP contribution in [0.4, 0.5) is 0 Å². The lowest BCUT2D eigenvalue weighted by Crippen LogP contribution is -2.68. The van der Waals surface area contributed by atoms with Gasteiger partial charge in [0.2, 0.25) is 0 Å². The lowest BCUT2D eigenvalue weighted by molar-refractivity contribution is -0.242. The first kappa shape index (κ1) is 42.5. The minimum absolute atomic E-state index is 0.00570. The molecule has 3 aliphatic carbocycles. The summed E-state index contributed by atoms with van der Waals surface area (Å²) < 4.78 is 19.2. The first-order valence-electron chi connectivity index (χ1n) is 19.7. The van der Waals surface area contributed by atoms with Gasteiger partial charge in [-0.15, -0.1) is 0 Å². The average Bonchev–Trinajstić information content (AvgIpc) is 3.65. The first-order chi connectivity index (χ1) is 24.1. The summed E-state index contributed by atoms with van der Waals surface area (Å²) in [7, 11) is 0. The summed E-state index contributed by atoms with van der Waals surface area (Å²) in [6, 6.07) is 0. The molecule has 52 heavy (non-hydrogen) atoms. The summed E-state index contributed by atoms with van der Waals surface area (Å²) in [5, 5.41) is 44.1. The highest BCUT2D eigenvalue weighted by molar-refractivity contribution is 5.75. The number of hydrogen-bond donors (Lipinski definition) is 4. The minimum atomic E-state index is -1.35. The Morgan fingerprint density at radius 3 is 2.10 bits per heavy atom. The van der Waals surface area contributed by atoms with Gasteiger partial charge in [-0.05, 0) is 100 Å². The summed E-state index contributed by atoms with van der Waals surface area (Å²) in [6.07, 6.45) is 3.47. The second-order valence-corrected chi connectivity index (χ2v) is 18.4. The fraction of sp³-hybridized carbons (Fsp3) is 0.833. The van der Waals surface area contributed by atoms with Gasteiger partial charge in [-0.1, -0.05) is 84.6 Å². The van der Waals surface area contributed by atoms with Crippen LogP contribution in [0.1, 0.15) is 128 Å². The fourth-order valence-corrected chi connectivity index (χ4v) is 11.1. The lowest BCUT2D eigenvalue weighted by Gasteiger charge is -2.67. The van der Waals surface area contributed by atoms with Crippen molar-refractivity contribution in [2.75, 3.05) is 6.61 Å². The van der Waals surface area contributed by atoms with Crippen molar-refractivity contribution in [3.63, 3.8) is 0 Å². The largest absolute Gasteiger partial charge is 0.481 e. The van der Waals surface area contributed by atoms with Gasteiger partial charge in [0, 0.05) is 17.8 Å². The highest BCUT2D eigenvalue weighted by Crippen LogP contribution is 2.72.